The van der Waals surface area contributed by atoms with Gasteiger partial charge in [-0.05, 0) is 24.5 Å². The minimum atomic E-state index is 0.103. The van der Waals surface area contributed by atoms with Crippen molar-refractivity contribution in [2.24, 2.45) is 0 Å². The highest BCUT2D eigenvalue weighted by molar-refractivity contribution is 7.80. The smallest absolute Gasteiger partial charge is 0.120 e. The molecule has 2 atom stereocenters. The van der Waals surface area contributed by atoms with Crippen LogP contribution in [0.3, 0.4) is 0 Å². The SMILES string of the molecule is CCCCCCCCC(S)c1cccc(O)c1C(S)CCCCCCCC. The van der Waals surface area contributed by atoms with E-state index in [4.69, 9.17) is 25.3 Å². The molecule has 0 aliphatic carbocycles. The zero-order valence-corrected chi connectivity index (χ0v) is 19.4. The highest BCUT2D eigenvalue weighted by Gasteiger charge is 2.19. The highest BCUT2D eigenvalue weighted by atomic mass is 32.1. The Morgan fingerprint density at radius 3 is 1.74 bits per heavy atom. The van der Waals surface area contributed by atoms with Gasteiger partial charge in [0.2, 0.25) is 0 Å². The molecule has 0 aliphatic rings. The molecule has 1 aromatic rings. The van der Waals surface area contributed by atoms with Crippen molar-refractivity contribution in [3.05, 3.63) is 29.3 Å². The quantitative estimate of drug-likeness (QED) is 0.184. The molecule has 0 radical (unpaired) electrons. The lowest BCUT2D eigenvalue weighted by atomic mass is 9.94. The first-order valence-electron chi connectivity index (χ1n) is 11.3. The van der Waals surface area contributed by atoms with Gasteiger partial charge in [-0.1, -0.05) is 103 Å². The fourth-order valence-electron chi connectivity index (χ4n) is 3.76. The van der Waals surface area contributed by atoms with E-state index in [0.29, 0.717) is 5.75 Å². The van der Waals surface area contributed by atoms with E-state index in [1.807, 2.05) is 6.07 Å². The van der Waals surface area contributed by atoms with Crippen LogP contribution in [0.25, 0.3) is 0 Å². The average Bonchev–Trinajstić information content (AvgIpc) is 2.66. The Morgan fingerprint density at radius 2 is 1.19 bits per heavy atom. The Hall–Kier alpha value is -0.280. The number of phenols is 1. The fourth-order valence-corrected chi connectivity index (χ4v) is 4.63. The number of hydrogen-bond donors (Lipinski definition) is 3. The summed E-state index contributed by atoms with van der Waals surface area (Å²) in [6.45, 7) is 4.51. The molecule has 0 bridgehead atoms. The second-order valence-electron chi connectivity index (χ2n) is 7.92. The van der Waals surface area contributed by atoms with E-state index in [0.717, 1.165) is 18.4 Å². The van der Waals surface area contributed by atoms with E-state index in [9.17, 15) is 5.11 Å². The van der Waals surface area contributed by atoms with Gasteiger partial charge in [0, 0.05) is 16.1 Å². The number of aromatic hydroxyl groups is 1. The van der Waals surface area contributed by atoms with Gasteiger partial charge < -0.3 is 5.11 Å². The van der Waals surface area contributed by atoms with Crippen LogP contribution in [0.1, 0.15) is 125 Å². The molecule has 156 valence electrons. The molecule has 1 N–H and O–H groups in total. The van der Waals surface area contributed by atoms with Crippen LogP contribution in [0, 0.1) is 0 Å². The lowest BCUT2D eigenvalue weighted by Gasteiger charge is -2.21. The van der Waals surface area contributed by atoms with Crippen molar-refractivity contribution in [2.75, 3.05) is 0 Å². The van der Waals surface area contributed by atoms with E-state index < -0.39 is 0 Å². The number of phenolic OH excluding ortho intramolecular Hbond substituents is 1. The molecule has 0 fully saturated rings. The summed E-state index contributed by atoms with van der Waals surface area (Å²) in [4.78, 5) is 0. The van der Waals surface area contributed by atoms with Crippen LogP contribution in [0.4, 0.5) is 0 Å². The third-order valence-electron chi connectivity index (χ3n) is 5.47. The van der Waals surface area contributed by atoms with Gasteiger partial charge in [-0.15, -0.1) is 0 Å². The van der Waals surface area contributed by atoms with Gasteiger partial charge in [0.15, 0.2) is 0 Å². The van der Waals surface area contributed by atoms with E-state index in [-0.39, 0.29) is 10.5 Å². The lowest BCUT2D eigenvalue weighted by Crippen LogP contribution is -2.02. The zero-order valence-electron chi connectivity index (χ0n) is 17.6. The Bertz CT molecular complexity index is 489. The Balaban J connectivity index is 2.51. The molecule has 0 saturated carbocycles. The number of thiol groups is 2. The van der Waals surface area contributed by atoms with Crippen LogP contribution in [-0.4, -0.2) is 5.11 Å². The molecule has 0 aromatic heterocycles. The van der Waals surface area contributed by atoms with Gasteiger partial charge in [0.1, 0.15) is 5.75 Å². The van der Waals surface area contributed by atoms with Gasteiger partial charge in [-0.2, -0.15) is 25.3 Å². The Labute approximate surface area is 179 Å². The van der Waals surface area contributed by atoms with Gasteiger partial charge >= 0.3 is 0 Å². The third kappa shape index (κ3) is 10.2. The van der Waals surface area contributed by atoms with E-state index in [1.54, 1.807) is 6.07 Å². The maximum atomic E-state index is 10.5. The van der Waals surface area contributed by atoms with Crippen LogP contribution in [0.5, 0.6) is 5.75 Å². The molecule has 27 heavy (non-hydrogen) atoms. The summed E-state index contributed by atoms with van der Waals surface area (Å²) in [6.07, 6.45) is 17.6. The van der Waals surface area contributed by atoms with Crippen molar-refractivity contribution >= 4 is 25.3 Å². The molecule has 2 unspecified atom stereocenters. The second-order valence-corrected chi connectivity index (χ2v) is 9.17. The highest BCUT2D eigenvalue weighted by Crippen LogP contribution is 2.40. The maximum absolute atomic E-state index is 10.5. The number of benzene rings is 1. The summed E-state index contributed by atoms with van der Waals surface area (Å²) in [5, 5.41) is 10.8. The molecule has 1 nitrogen and oxygen atoms in total. The molecular weight excluding hydrogens is 368 g/mol. The molecule has 1 aromatic carbocycles. The molecule has 1 rings (SSSR count). The summed E-state index contributed by atoms with van der Waals surface area (Å²) in [6, 6.07) is 5.88. The Kier molecular flexibility index (Phi) is 14.3. The van der Waals surface area contributed by atoms with Crippen molar-refractivity contribution < 1.29 is 5.11 Å². The second kappa shape index (κ2) is 15.6. The van der Waals surface area contributed by atoms with E-state index in [1.165, 1.54) is 82.6 Å². The lowest BCUT2D eigenvalue weighted by molar-refractivity contribution is 0.463. The van der Waals surface area contributed by atoms with Gasteiger partial charge in [0.25, 0.3) is 0 Å². The van der Waals surface area contributed by atoms with Crippen molar-refractivity contribution in [1.82, 2.24) is 0 Å². The molecule has 0 saturated heterocycles. The standard InChI is InChI=1S/C24H42OS2/c1-3-5-7-9-11-13-18-22(26)20-16-15-17-21(25)24(20)23(27)19-14-12-10-8-6-4-2/h15-17,22-23,25-27H,3-14,18-19H2,1-2H3. The fraction of sp³-hybridized carbons (Fsp3) is 0.750. The van der Waals surface area contributed by atoms with E-state index in [2.05, 4.69) is 19.9 Å². The van der Waals surface area contributed by atoms with Crippen molar-refractivity contribution in [3.63, 3.8) is 0 Å². The summed E-state index contributed by atoms with van der Waals surface area (Å²) in [7, 11) is 0. The number of unbranched alkanes of at least 4 members (excludes halogenated alkanes) is 10. The summed E-state index contributed by atoms with van der Waals surface area (Å²) in [5.41, 5.74) is 2.19. The molecule has 0 heterocycles. The van der Waals surface area contributed by atoms with Crippen LogP contribution in [0.15, 0.2) is 18.2 Å². The Morgan fingerprint density at radius 1 is 0.704 bits per heavy atom. The van der Waals surface area contributed by atoms with Crippen LogP contribution in [0.2, 0.25) is 0 Å². The monoisotopic (exact) mass is 410 g/mol. The molecule has 0 spiro atoms. The largest absolute Gasteiger partial charge is 0.508 e. The first-order chi connectivity index (χ1) is 13.1. The van der Waals surface area contributed by atoms with Gasteiger partial charge in [-0.3, -0.25) is 0 Å². The number of rotatable bonds is 16. The summed E-state index contributed by atoms with van der Waals surface area (Å²) < 4.78 is 0. The molecular formula is C24H42OS2. The summed E-state index contributed by atoms with van der Waals surface area (Å²) in [5.74, 6) is 0.389. The molecule has 0 amide bonds. The minimum absolute atomic E-state index is 0.103. The van der Waals surface area contributed by atoms with Crippen LogP contribution >= 0.6 is 25.3 Å². The molecule has 0 aliphatic heterocycles. The van der Waals surface area contributed by atoms with Crippen LogP contribution in [-0.2, 0) is 0 Å². The van der Waals surface area contributed by atoms with Gasteiger partial charge in [-0.25, -0.2) is 0 Å². The minimum Gasteiger partial charge on any atom is -0.508 e. The van der Waals surface area contributed by atoms with Gasteiger partial charge in [0.05, 0.1) is 0 Å². The predicted octanol–water partition coefficient (Wildman–Crippen LogP) is 8.84. The van der Waals surface area contributed by atoms with E-state index >= 15 is 0 Å². The van der Waals surface area contributed by atoms with Crippen molar-refractivity contribution in [2.45, 2.75) is 114 Å². The maximum Gasteiger partial charge on any atom is 0.120 e. The average molecular weight is 411 g/mol. The predicted molar refractivity (Wildman–Crippen MR) is 128 cm³/mol. The summed E-state index contributed by atoms with van der Waals surface area (Å²) >= 11 is 9.73. The third-order valence-corrected chi connectivity index (χ3v) is 6.52. The number of hydrogen-bond acceptors (Lipinski definition) is 3. The molecule has 3 heteroatoms. The first-order valence-corrected chi connectivity index (χ1v) is 12.3. The van der Waals surface area contributed by atoms with Crippen molar-refractivity contribution in [3.8, 4) is 5.75 Å². The van der Waals surface area contributed by atoms with Crippen molar-refractivity contribution in [1.29, 1.82) is 0 Å². The zero-order chi connectivity index (χ0) is 19.9. The van der Waals surface area contributed by atoms with Crippen LogP contribution < -0.4 is 0 Å². The normalized spacial score (nSPS) is 13.6. The topological polar surface area (TPSA) is 20.2 Å². The first kappa shape index (κ1) is 24.8.